The van der Waals surface area contributed by atoms with Crippen molar-refractivity contribution in [1.82, 2.24) is 0 Å². The van der Waals surface area contributed by atoms with E-state index in [0.717, 1.165) is 17.7 Å². The number of anilines is 1. The van der Waals surface area contributed by atoms with Crippen LogP contribution in [0.3, 0.4) is 0 Å². The largest absolute Gasteiger partial charge is 0.339 e. The molecular formula is C20H17N3O4S. The molecule has 0 heterocycles. The summed E-state index contributed by atoms with van der Waals surface area (Å²) in [5.74, 6) is 0.157. The van der Waals surface area contributed by atoms with Crippen molar-refractivity contribution in [1.29, 1.82) is 0 Å². The summed E-state index contributed by atoms with van der Waals surface area (Å²) in [4.78, 5) is 10.1. The predicted octanol–water partition coefficient (Wildman–Crippen LogP) is 4.15. The lowest BCUT2D eigenvalue weighted by atomic mass is 10.1. The molecule has 0 saturated carbocycles. The lowest BCUT2D eigenvalue weighted by Gasteiger charge is -2.11. The van der Waals surface area contributed by atoms with Gasteiger partial charge in [0.15, 0.2) is 5.84 Å². The van der Waals surface area contributed by atoms with Crippen LogP contribution >= 0.6 is 0 Å². The lowest BCUT2D eigenvalue weighted by molar-refractivity contribution is -0.384. The van der Waals surface area contributed by atoms with Crippen LogP contribution in [0.25, 0.3) is 0 Å². The van der Waals surface area contributed by atoms with Crippen LogP contribution < -0.4 is 5.32 Å². The smallest absolute Gasteiger partial charge is 0.284 e. The van der Waals surface area contributed by atoms with E-state index in [-0.39, 0.29) is 16.4 Å². The quantitative estimate of drug-likeness (QED) is 0.303. The molecule has 3 aromatic rings. The number of hydrogen-bond acceptors (Lipinski definition) is 4. The van der Waals surface area contributed by atoms with Crippen molar-refractivity contribution in [3.8, 4) is 0 Å². The van der Waals surface area contributed by atoms with E-state index in [2.05, 4.69) is 9.71 Å². The van der Waals surface area contributed by atoms with E-state index >= 15 is 0 Å². The molecule has 0 aromatic heterocycles. The first-order valence-corrected chi connectivity index (χ1v) is 9.78. The van der Waals surface area contributed by atoms with Crippen molar-refractivity contribution in [3.63, 3.8) is 0 Å². The molecule has 0 bridgehead atoms. The summed E-state index contributed by atoms with van der Waals surface area (Å²) in [6.07, 6.45) is 0. The van der Waals surface area contributed by atoms with Crippen molar-refractivity contribution in [3.05, 3.63) is 100 Å². The Kier molecular flexibility index (Phi) is 5.51. The van der Waals surface area contributed by atoms with Gasteiger partial charge in [-0.3, -0.25) is 10.1 Å². The Hall–Kier alpha value is -3.52. The molecule has 7 nitrogen and oxygen atoms in total. The number of non-ortho nitro benzene ring substituents is 1. The van der Waals surface area contributed by atoms with E-state index in [1.165, 1.54) is 12.1 Å². The van der Waals surface area contributed by atoms with Gasteiger partial charge in [-0.1, -0.05) is 48.0 Å². The molecule has 0 saturated heterocycles. The monoisotopic (exact) mass is 395 g/mol. The minimum absolute atomic E-state index is 0.127. The molecule has 0 aliphatic rings. The van der Waals surface area contributed by atoms with E-state index < -0.39 is 14.9 Å². The molecule has 0 aliphatic heterocycles. The minimum atomic E-state index is -4.08. The summed E-state index contributed by atoms with van der Waals surface area (Å²) in [5, 5.41) is 13.8. The summed E-state index contributed by atoms with van der Waals surface area (Å²) < 4.78 is 29.5. The first-order chi connectivity index (χ1) is 13.3. The number of para-hydroxylation sites is 1. The molecule has 0 unspecified atom stereocenters. The second-order valence-corrected chi connectivity index (χ2v) is 7.63. The summed E-state index contributed by atoms with van der Waals surface area (Å²) in [6.45, 7) is 1.93. The molecule has 3 aromatic carbocycles. The third-order valence-corrected chi connectivity index (χ3v) is 5.21. The van der Waals surface area contributed by atoms with Gasteiger partial charge >= 0.3 is 0 Å². The van der Waals surface area contributed by atoms with Gasteiger partial charge in [-0.25, -0.2) is 0 Å². The zero-order chi connectivity index (χ0) is 20.1. The molecule has 0 fully saturated rings. The highest BCUT2D eigenvalue weighted by molar-refractivity contribution is 7.90. The summed E-state index contributed by atoms with van der Waals surface area (Å²) >= 11 is 0. The zero-order valence-electron chi connectivity index (χ0n) is 14.9. The fraction of sp³-hybridized carbons (Fsp3) is 0.0500. The lowest BCUT2D eigenvalue weighted by Crippen LogP contribution is -2.16. The third kappa shape index (κ3) is 4.60. The van der Waals surface area contributed by atoms with E-state index in [0.29, 0.717) is 11.3 Å². The molecular weight excluding hydrogens is 378 g/mol. The van der Waals surface area contributed by atoms with Crippen molar-refractivity contribution in [2.75, 3.05) is 5.32 Å². The van der Waals surface area contributed by atoms with Gasteiger partial charge < -0.3 is 5.32 Å². The van der Waals surface area contributed by atoms with E-state index in [1.54, 1.807) is 24.3 Å². The summed E-state index contributed by atoms with van der Waals surface area (Å²) in [7, 11) is -4.08. The van der Waals surface area contributed by atoms with Crippen molar-refractivity contribution >= 4 is 27.2 Å². The SMILES string of the molecule is Cc1ccc(C(=NS(=O)(=O)c2ccc([N+](=O)[O-])cc2)Nc2ccccc2)cc1. The van der Waals surface area contributed by atoms with Crippen LogP contribution in [-0.4, -0.2) is 19.2 Å². The van der Waals surface area contributed by atoms with Crippen LogP contribution in [0.1, 0.15) is 11.1 Å². The minimum Gasteiger partial charge on any atom is -0.339 e. The maximum Gasteiger partial charge on any atom is 0.284 e. The zero-order valence-corrected chi connectivity index (χ0v) is 15.8. The highest BCUT2D eigenvalue weighted by Gasteiger charge is 2.17. The molecule has 28 heavy (non-hydrogen) atoms. The second kappa shape index (κ2) is 8.01. The highest BCUT2D eigenvalue weighted by Crippen LogP contribution is 2.19. The molecule has 8 heteroatoms. The summed E-state index contributed by atoms with van der Waals surface area (Å²) in [6, 6.07) is 21.0. The normalized spacial score (nSPS) is 11.8. The van der Waals surface area contributed by atoms with Gasteiger partial charge in [-0.15, -0.1) is 4.40 Å². The second-order valence-electron chi connectivity index (χ2n) is 6.02. The fourth-order valence-corrected chi connectivity index (χ4v) is 3.41. The average Bonchev–Trinajstić information content (AvgIpc) is 2.69. The number of rotatable bonds is 5. The number of nitrogens with zero attached hydrogens (tertiary/aromatic N) is 2. The van der Waals surface area contributed by atoms with Crippen LogP contribution in [0.2, 0.25) is 0 Å². The van der Waals surface area contributed by atoms with Gasteiger partial charge in [0.25, 0.3) is 15.7 Å². The van der Waals surface area contributed by atoms with E-state index in [1.807, 2.05) is 37.3 Å². The molecule has 0 spiro atoms. The number of aryl methyl sites for hydroxylation is 1. The Balaban J connectivity index is 2.03. The Morgan fingerprint density at radius 3 is 2.11 bits per heavy atom. The van der Waals surface area contributed by atoms with Crippen molar-refractivity contribution < 1.29 is 13.3 Å². The third-order valence-electron chi connectivity index (χ3n) is 3.92. The number of sulfonamides is 1. The molecule has 1 N–H and O–H groups in total. The maximum absolute atomic E-state index is 12.8. The predicted molar refractivity (Wildman–Crippen MR) is 108 cm³/mol. The molecule has 3 rings (SSSR count). The van der Waals surface area contributed by atoms with E-state index in [4.69, 9.17) is 0 Å². The van der Waals surface area contributed by atoms with Gasteiger partial charge in [0.2, 0.25) is 0 Å². The maximum atomic E-state index is 12.8. The average molecular weight is 395 g/mol. The topological polar surface area (TPSA) is 102 Å². The van der Waals surface area contributed by atoms with Crippen molar-refractivity contribution in [2.24, 2.45) is 4.40 Å². The van der Waals surface area contributed by atoms with Crippen LogP contribution in [0.5, 0.6) is 0 Å². The Bertz CT molecular complexity index is 1110. The van der Waals surface area contributed by atoms with Gasteiger partial charge in [0.05, 0.1) is 9.82 Å². The van der Waals surface area contributed by atoms with Crippen molar-refractivity contribution in [2.45, 2.75) is 11.8 Å². The fourth-order valence-electron chi connectivity index (χ4n) is 2.43. The number of nitrogens with one attached hydrogen (secondary N) is 1. The van der Waals surface area contributed by atoms with Crippen LogP contribution in [-0.2, 0) is 10.0 Å². The van der Waals surface area contributed by atoms with Crippen LogP contribution in [0, 0.1) is 17.0 Å². The Morgan fingerprint density at radius 2 is 1.54 bits per heavy atom. The Labute approximate surface area is 162 Å². The molecule has 142 valence electrons. The van der Waals surface area contributed by atoms with Gasteiger partial charge in [0.1, 0.15) is 0 Å². The first-order valence-electron chi connectivity index (χ1n) is 8.34. The molecule has 0 atom stereocenters. The molecule has 0 radical (unpaired) electrons. The number of benzene rings is 3. The van der Waals surface area contributed by atoms with Gasteiger partial charge in [-0.2, -0.15) is 8.42 Å². The van der Waals surface area contributed by atoms with Gasteiger partial charge in [0, 0.05) is 23.4 Å². The molecule has 0 aliphatic carbocycles. The number of amidine groups is 1. The summed E-state index contributed by atoms with van der Waals surface area (Å²) in [5.41, 5.74) is 2.12. The van der Waals surface area contributed by atoms with Gasteiger partial charge in [-0.05, 0) is 31.2 Å². The highest BCUT2D eigenvalue weighted by atomic mass is 32.2. The number of hydrogen-bond donors (Lipinski definition) is 1. The first kappa shape index (κ1) is 19.2. The van der Waals surface area contributed by atoms with E-state index in [9.17, 15) is 18.5 Å². The Morgan fingerprint density at radius 1 is 0.929 bits per heavy atom. The standard InChI is InChI=1S/C20H17N3O4S/c1-15-7-9-16(10-8-15)20(21-17-5-3-2-4-6-17)22-28(26,27)19-13-11-18(12-14-19)23(24)25/h2-14H,1H3,(H,21,22). The molecule has 0 amide bonds. The number of nitro benzene ring substituents is 1. The van der Waals surface area contributed by atoms with Crippen LogP contribution in [0.15, 0.2) is 88.2 Å². The number of nitro groups is 1. The van der Waals surface area contributed by atoms with Crippen LogP contribution in [0.4, 0.5) is 11.4 Å².